The SMILES string of the molecule is C[C@@H]1C[C@H](C)CN(c2cc(N3CCCC3)nc(NC(=S)NCC3(c4cccc(Cl)c4)CCCC3)n2)C1. The Kier molecular flexibility index (Phi) is 7.87. The number of rotatable bonds is 6. The number of hydrogen-bond acceptors (Lipinski definition) is 5. The van der Waals surface area contributed by atoms with Crippen molar-refractivity contribution in [2.75, 3.05) is 47.8 Å². The van der Waals surface area contributed by atoms with Gasteiger partial charge in [-0.05, 0) is 73.9 Å². The van der Waals surface area contributed by atoms with Crippen molar-refractivity contribution in [2.24, 2.45) is 11.8 Å². The summed E-state index contributed by atoms with van der Waals surface area (Å²) < 4.78 is 0. The van der Waals surface area contributed by atoms with E-state index in [0.29, 0.717) is 22.9 Å². The van der Waals surface area contributed by atoms with E-state index in [0.717, 1.165) is 62.2 Å². The zero-order valence-corrected chi connectivity index (χ0v) is 23.2. The van der Waals surface area contributed by atoms with Gasteiger partial charge < -0.3 is 20.4 Å². The van der Waals surface area contributed by atoms with Gasteiger partial charge in [0, 0.05) is 49.2 Å². The third-order valence-electron chi connectivity index (χ3n) is 8.13. The van der Waals surface area contributed by atoms with E-state index in [1.807, 2.05) is 6.07 Å². The molecule has 2 saturated heterocycles. The highest BCUT2D eigenvalue weighted by Gasteiger charge is 2.36. The van der Waals surface area contributed by atoms with E-state index in [-0.39, 0.29) is 5.41 Å². The number of hydrogen-bond donors (Lipinski definition) is 2. The number of nitrogens with one attached hydrogen (secondary N) is 2. The third-order valence-corrected chi connectivity index (χ3v) is 8.61. The maximum atomic E-state index is 6.34. The van der Waals surface area contributed by atoms with E-state index in [9.17, 15) is 0 Å². The van der Waals surface area contributed by atoms with Crippen molar-refractivity contribution in [1.82, 2.24) is 15.3 Å². The Bertz CT molecular complexity index is 1060. The summed E-state index contributed by atoms with van der Waals surface area (Å²) in [6.45, 7) is 9.61. The van der Waals surface area contributed by atoms with Gasteiger partial charge in [0.1, 0.15) is 11.6 Å². The number of benzene rings is 1. The molecule has 2 N–H and O–H groups in total. The highest BCUT2D eigenvalue weighted by molar-refractivity contribution is 7.80. The molecule has 1 aromatic carbocycles. The Balaban J connectivity index is 1.32. The van der Waals surface area contributed by atoms with E-state index < -0.39 is 0 Å². The molecule has 3 aliphatic rings. The lowest BCUT2D eigenvalue weighted by molar-refractivity contribution is 0.355. The van der Waals surface area contributed by atoms with Crippen LogP contribution >= 0.6 is 23.8 Å². The highest BCUT2D eigenvalue weighted by Crippen LogP contribution is 2.41. The largest absolute Gasteiger partial charge is 0.361 e. The summed E-state index contributed by atoms with van der Waals surface area (Å²) in [5.74, 6) is 3.90. The predicted molar refractivity (Wildman–Crippen MR) is 154 cm³/mol. The van der Waals surface area contributed by atoms with Gasteiger partial charge >= 0.3 is 0 Å². The summed E-state index contributed by atoms with van der Waals surface area (Å²) in [6.07, 6.45) is 8.43. The molecule has 0 spiro atoms. The van der Waals surface area contributed by atoms with Crippen molar-refractivity contribution >= 4 is 46.5 Å². The molecule has 6 nitrogen and oxygen atoms in total. The van der Waals surface area contributed by atoms with Crippen LogP contribution in [0.1, 0.15) is 64.4 Å². The average Bonchev–Trinajstić information content (AvgIpc) is 3.55. The lowest BCUT2D eigenvalue weighted by Gasteiger charge is -2.36. The topological polar surface area (TPSA) is 56.3 Å². The fraction of sp³-hybridized carbons (Fsp3) is 0.607. The number of piperidine rings is 1. The van der Waals surface area contributed by atoms with Gasteiger partial charge in [0.15, 0.2) is 5.11 Å². The molecule has 8 heteroatoms. The average molecular weight is 527 g/mol. The van der Waals surface area contributed by atoms with Crippen molar-refractivity contribution in [3.8, 4) is 0 Å². The molecule has 3 heterocycles. The Labute approximate surface area is 226 Å². The molecule has 3 fully saturated rings. The number of aromatic nitrogens is 2. The van der Waals surface area contributed by atoms with Crippen LogP contribution in [-0.2, 0) is 5.41 Å². The fourth-order valence-electron chi connectivity index (χ4n) is 6.43. The van der Waals surface area contributed by atoms with Crippen LogP contribution in [-0.4, -0.2) is 47.8 Å². The molecule has 2 aliphatic heterocycles. The summed E-state index contributed by atoms with van der Waals surface area (Å²) in [5, 5.41) is 8.20. The van der Waals surface area contributed by atoms with Gasteiger partial charge in [-0.15, -0.1) is 0 Å². The van der Waals surface area contributed by atoms with E-state index in [1.54, 1.807) is 0 Å². The van der Waals surface area contributed by atoms with E-state index in [2.05, 4.69) is 58.5 Å². The molecule has 2 atom stereocenters. The molecule has 5 rings (SSSR count). The minimum atomic E-state index is 0.0557. The van der Waals surface area contributed by atoms with Gasteiger partial charge in [-0.2, -0.15) is 9.97 Å². The lowest BCUT2D eigenvalue weighted by atomic mass is 9.79. The van der Waals surface area contributed by atoms with Crippen molar-refractivity contribution in [3.05, 3.63) is 40.9 Å². The highest BCUT2D eigenvalue weighted by atomic mass is 35.5. The molecule has 0 unspecified atom stereocenters. The maximum absolute atomic E-state index is 6.34. The van der Waals surface area contributed by atoms with Gasteiger partial charge in [-0.25, -0.2) is 0 Å². The molecular formula is C28H39ClN6S. The molecule has 1 aromatic heterocycles. The second kappa shape index (κ2) is 11.1. The molecule has 0 bridgehead atoms. The Morgan fingerprint density at radius 2 is 1.67 bits per heavy atom. The normalized spacial score (nSPS) is 23.6. The maximum Gasteiger partial charge on any atom is 0.232 e. The molecule has 1 saturated carbocycles. The van der Waals surface area contributed by atoms with E-state index in [4.69, 9.17) is 33.8 Å². The standard InChI is InChI=1S/C28H39ClN6S/c1-20-14-21(2)18-35(17-20)25-16-24(34-12-5-6-13-34)31-26(32-25)33-27(36)30-19-28(10-3-4-11-28)22-8-7-9-23(29)15-22/h7-9,15-16,20-21H,3-6,10-14,17-19H2,1-2H3,(H2,30,31,32,33,36)/t20-,21+. The van der Waals surface area contributed by atoms with Crippen LogP contribution in [0.25, 0.3) is 0 Å². The fourth-order valence-corrected chi connectivity index (χ4v) is 6.78. The molecular weight excluding hydrogens is 488 g/mol. The van der Waals surface area contributed by atoms with Crippen molar-refractivity contribution < 1.29 is 0 Å². The first-order valence-electron chi connectivity index (χ1n) is 13.6. The first kappa shape index (κ1) is 25.5. The molecule has 2 aromatic rings. The van der Waals surface area contributed by atoms with Crippen LogP contribution in [0.5, 0.6) is 0 Å². The summed E-state index contributed by atoms with van der Waals surface area (Å²) in [7, 11) is 0. The van der Waals surface area contributed by atoms with Crippen LogP contribution in [0.2, 0.25) is 5.02 Å². The summed E-state index contributed by atoms with van der Waals surface area (Å²) in [4.78, 5) is 14.6. The van der Waals surface area contributed by atoms with Crippen LogP contribution in [0.15, 0.2) is 30.3 Å². The van der Waals surface area contributed by atoms with Gasteiger partial charge in [0.2, 0.25) is 5.95 Å². The van der Waals surface area contributed by atoms with Crippen LogP contribution in [0.4, 0.5) is 17.6 Å². The van der Waals surface area contributed by atoms with Crippen LogP contribution in [0, 0.1) is 11.8 Å². The number of halogens is 1. The first-order valence-corrected chi connectivity index (χ1v) is 14.4. The van der Waals surface area contributed by atoms with E-state index in [1.165, 1.54) is 37.7 Å². The van der Waals surface area contributed by atoms with Gasteiger partial charge in [-0.3, -0.25) is 0 Å². The third kappa shape index (κ3) is 5.88. The smallest absolute Gasteiger partial charge is 0.232 e. The number of thiocarbonyl (C=S) groups is 1. The number of nitrogens with zero attached hydrogens (tertiary/aromatic N) is 4. The van der Waals surface area contributed by atoms with Crippen molar-refractivity contribution in [2.45, 2.75) is 64.2 Å². The molecule has 36 heavy (non-hydrogen) atoms. The summed E-state index contributed by atoms with van der Waals surface area (Å²) in [6, 6.07) is 10.5. The second-order valence-electron chi connectivity index (χ2n) is 11.3. The predicted octanol–water partition coefficient (Wildman–Crippen LogP) is 6.01. The van der Waals surface area contributed by atoms with Gasteiger partial charge in [0.25, 0.3) is 0 Å². The van der Waals surface area contributed by atoms with Crippen LogP contribution < -0.4 is 20.4 Å². The number of anilines is 3. The minimum absolute atomic E-state index is 0.0557. The zero-order valence-electron chi connectivity index (χ0n) is 21.6. The Morgan fingerprint density at radius 1 is 1.00 bits per heavy atom. The zero-order chi connectivity index (χ0) is 25.1. The van der Waals surface area contributed by atoms with Crippen molar-refractivity contribution in [3.63, 3.8) is 0 Å². The lowest BCUT2D eigenvalue weighted by Crippen LogP contribution is -2.41. The molecule has 194 valence electrons. The van der Waals surface area contributed by atoms with Gasteiger partial charge in [-0.1, -0.05) is 50.4 Å². The van der Waals surface area contributed by atoms with Crippen LogP contribution in [0.3, 0.4) is 0 Å². The minimum Gasteiger partial charge on any atom is -0.361 e. The van der Waals surface area contributed by atoms with Crippen molar-refractivity contribution in [1.29, 1.82) is 0 Å². The van der Waals surface area contributed by atoms with Gasteiger partial charge in [0.05, 0.1) is 0 Å². The Morgan fingerprint density at radius 3 is 2.33 bits per heavy atom. The molecule has 0 amide bonds. The summed E-state index contributed by atoms with van der Waals surface area (Å²) >= 11 is 12.1. The Hall–Kier alpha value is -2.12. The first-order chi connectivity index (χ1) is 17.4. The quantitative estimate of drug-likeness (QED) is 0.447. The van der Waals surface area contributed by atoms with E-state index >= 15 is 0 Å². The molecule has 1 aliphatic carbocycles. The second-order valence-corrected chi connectivity index (χ2v) is 12.1. The monoisotopic (exact) mass is 526 g/mol. The molecule has 0 radical (unpaired) electrons. The summed E-state index contributed by atoms with van der Waals surface area (Å²) in [5.41, 5.74) is 1.35.